The number of rotatable bonds is 23. The third-order valence-electron chi connectivity index (χ3n) is 10.4. The summed E-state index contributed by atoms with van der Waals surface area (Å²) >= 11 is -8.29. The summed E-state index contributed by atoms with van der Waals surface area (Å²) in [5.41, 5.74) is -1.04. The van der Waals surface area contributed by atoms with Gasteiger partial charge in [-0.2, -0.15) is 0 Å². The maximum absolute atomic E-state index is 15.1. The van der Waals surface area contributed by atoms with Crippen LogP contribution in [0.3, 0.4) is 0 Å². The molecule has 0 aliphatic rings. The molecule has 72 heavy (non-hydrogen) atoms. The molecule has 0 atom stereocenters. The molecule has 0 N–H and O–H groups in total. The second-order valence-electron chi connectivity index (χ2n) is 15.0. The van der Waals surface area contributed by atoms with Gasteiger partial charge in [0.15, 0.2) is 0 Å². The molecule has 1 nitrogen and oxygen atoms in total. The van der Waals surface area contributed by atoms with Gasteiger partial charge in [-0.05, 0) is 0 Å². The van der Waals surface area contributed by atoms with Crippen molar-refractivity contribution in [1.29, 1.82) is 0 Å². The third-order valence-corrected chi connectivity index (χ3v) is 25.2. The molecule has 0 aliphatic carbocycles. The van der Waals surface area contributed by atoms with E-state index in [1.54, 1.807) is 0 Å². The minimum atomic E-state index is -8.90. The number of alkyl halides is 39. The van der Waals surface area contributed by atoms with Crippen molar-refractivity contribution in [2.75, 3.05) is 0 Å². The molecule has 0 unspecified atom stereocenters. The standard InChI is InChI=1S/3C8H4F13.C7H5O.Sn/c3*1-2-3(9,10)4(11,12)5(13,14)6(15,16)7(17,18)8(19,20)21;8-6-7-4-2-1-3-5-7;/h3*1-2H2;2-6H;. The van der Waals surface area contributed by atoms with Gasteiger partial charge < -0.3 is 0 Å². The van der Waals surface area contributed by atoms with E-state index in [0.29, 0.717) is 0 Å². The minimum absolute atomic E-state index is 0.0595. The summed E-state index contributed by atoms with van der Waals surface area (Å²) in [5, 5.41) is 0. The third kappa shape index (κ3) is 9.97. The first kappa shape index (κ1) is 67.0. The number of carbonyl (C=O) groups is 1. The molecule has 41 heteroatoms. The van der Waals surface area contributed by atoms with Crippen LogP contribution in [0.25, 0.3) is 0 Å². The predicted molar refractivity (Wildman–Crippen MR) is 158 cm³/mol. The first-order chi connectivity index (χ1) is 30.9. The van der Waals surface area contributed by atoms with E-state index in [9.17, 15) is 150 Å². The first-order valence-electron chi connectivity index (χ1n) is 17.3. The molecule has 0 aromatic heterocycles. The van der Waals surface area contributed by atoms with Gasteiger partial charge in [0.1, 0.15) is 0 Å². The van der Waals surface area contributed by atoms with Crippen LogP contribution in [0.2, 0.25) is 13.3 Å². The van der Waals surface area contributed by atoms with Crippen molar-refractivity contribution in [3.05, 3.63) is 29.8 Å². The zero-order valence-electron chi connectivity index (χ0n) is 32.8. The molecule has 0 radical (unpaired) electrons. The van der Waals surface area contributed by atoms with Crippen LogP contribution in [-0.2, 0) is 0 Å². The Morgan fingerprint density at radius 1 is 0.278 bits per heavy atom. The summed E-state index contributed by atoms with van der Waals surface area (Å²) in [6, 6.07) is -0.741. The van der Waals surface area contributed by atoms with Crippen molar-refractivity contribution in [3.63, 3.8) is 0 Å². The fourth-order valence-corrected chi connectivity index (χ4v) is 19.7. The summed E-state index contributed by atoms with van der Waals surface area (Å²) in [6.45, 7) is 0. The van der Waals surface area contributed by atoms with E-state index in [0.717, 1.165) is 0 Å². The van der Waals surface area contributed by atoms with Gasteiger partial charge in [0, 0.05) is 0 Å². The number of benzene rings is 1. The van der Waals surface area contributed by atoms with Crippen LogP contribution in [0.4, 0.5) is 171 Å². The number of halogens is 39. The van der Waals surface area contributed by atoms with Crippen molar-refractivity contribution in [2.45, 2.75) is 140 Å². The summed E-state index contributed by atoms with van der Waals surface area (Å²) in [7, 11) is 0. The molecule has 0 heterocycles. The van der Waals surface area contributed by atoms with E-state index in [4.69, 9.17) is 0 Å². The monoisotopic (exact) mass is 1270 g/mol. The van der Waals surface area contributed by atoms with Gasteiger partial charge in [-0.3, -0.25) is 0 Å². The molecule has 1 rings (SSSR count). The maximum atomic E-state index is 15.1. The molecule has 0 saturated heterocycles. The van der Waals surface area contributed by atoms with Gasteiger partial charge in [0.05, 0.1) is 0 Å². The molecule has 0 bridgehead atoms. The Morgan fingerprint density at radius 2 is 0.458 bits per heavy atom. The van der Waals surface area contributed by atoms with Crippen molar-refractivity contribution in [2.24, 2.45) is 0 Å². The SMILES string of the molecule is O=Cc1cc[c]([Sn]([CH2]CC(F)(F)C(F)(F)C(F)(F)C(F)(F)C(F)(F)C(F)(F)F)([CH2]CC(F)(F)C(F)(F)C(F)(F)C(F)(F)C(F)(F)C(F)(F)F)[CH2]CC(F)(F)C(F)(F)C(F)(F)C(F)(F)C(F)(F)C(F)(F)F)cc1. The summed E-state index contributed by atoms with van der Waals surface area (Å²) < 4.78 is 528. The molecule has 424 valence electrons. The van der Waals surface area contributed by atoms with Crippen LogP contribution in [-0.4, -0.2) is 132 Å². The Hall–Kier alpha value is -3.04. The molecular weight excluding hydrogens is 1250 g/mol. The molecule has 0 spiro atoms. The van der Waals surface area contributed by atoms with E-state index in [2.05, 4.69) is 0 Å². The summed E-state index contributed by atoms with van der Waals surface area (Å²) in [4.78, 5) is 11.1. The Kier molecular flexibility index (Phi) is 17.3. The zero-order chi connectivity index (χ0) is 58.4. The van der Waals surface area contributed by atoms with Crippen LogP contribution in [0.1, 0.15) is 29.6 Å². The Labute approximate surface area is 374 Å². The van der Waals surface area contributed by atoms with E-state index < -0.39 is 174 Å². The number of hydrogen-bond donors (Lipinski definition) is 0. The number of aldehydes is 1. The average molecular weight is 1270 g/mol. The van der Waals surface area contributed by atoms with E-state index >= 15 is 26.3 Å². The molecule has 0 fully saturated rings. The molecule has 1 aromatic rings. The fraction of sp³-hybridized carbons (Fsp3) is 0.774. The predicted octanol–water partition coefficient (Wildman–Crippen LogP) is 15.5. The Morgan fingerprint density at radius 3 is 0.625 bits per heavy atom. The number of hydrogen-bond acceptors (Lipinski definition) is 1. The van der Waals surface area contributed by atoms with Gasteiger partial charge >= 0.3 is 374 Å². The molecular formula is C31H17F39OSn. The van der Waals surface area contributed by atoms with Gasteiger partial charge in [-0.25, -0.2) is 0 Å². The van der Waals surface area contributed by atoms with E-state index in [-0.39, 0.29) is 24.3 Å². The van der Waals surface area contributed by atoms with Crippen LogP contribution < -0.4 is 3.58 Å². The van der Waals surface area contributed by atoms with Gasteiger partial charge in [-0.15, -0.1) is 0 Å². The average Bonchev–Trinajstić information content (AvgIpc) is 3.18. The quantitative estimate of drug-likeness (QED) is 0.0606. The summed E-state index contributed by atoms with van der Waals surface area (Å²) in [5.74, 6) is -128. The van der Waals surface area contributed by atoms with Gasteiger partial charge in [-0.1, -0.05) is 0 Å². The van der Waals surface area contributed by atoms with Crippen LogP contribution in [0, 0.1) is 0 Å². The van der Waals surface area contributed by atoms with Crippen molar-refractivity contribution in [1.82, 2.24) is 0 Å². The fourth-order valence-electron chi connectivity index (χ4n) is 5.79. The van der Waals surface area contributed by atoms with Crippen LogP contribution >= 0.6 is 0 Å². The molecule has 0 aliphatic heterocycles. The molecule has 1 aromatic carbocycles. The summed E-state index contributed by atoms with van der Waals surface area (Å²) in [6.07, 6.45) is -37.2. The van der Waals surface area contributed by atoms with Gasteiger partial charge in [0.2, 0.25) is 0 Å². The zero-order valence-corrected chi connectivity index (χ0v) is 35.6. The van der Waals surface area contributed by atoms with Crippen molar-refractivity contribution >= 4 is 28.2 Å². The van der Waals surface area contributed by atoms with Crippen molar-refractivity contribution in [3.8, 4) is 0 Å². The van der Waals surface area contributed by atoms with Gasteiger partial charge in [0.25, 0.3) is 0 Å². The molecule has 0 saturated carbocycles. The Bertz CT molecular complexity index is 1850. The topological polar surface area (TPSA) is 17.1 Å². The second kappa shape index (κ2) is 18.6. The van der Waals surface area contributed by atoms with Crippen molar-refractivity contribution < 1.29 is 176 Å². The first-order valence-corrected chi connectivity index (χ1v) is 24.8. The van der Waals surface area contributed by atoms with Crippen LogP contribution in [0.15, 0.2) is 24.3 Å². The normalized spacial score (nSPS) is 16.4. The second-order valence-corrected chi connectivity index (χ2v) is 28.3. The van der Waals surface area contributed by atoms with Crippen LogP contribution in [0.5, 0.6) is 0 Å². The van der Waals surface area contributed by atoms with E-state index in [1.807, 2.05) is 0 Å². The molecule has 0 amide bonds. The Balaban J connectivity index is 4.49. The van der Waals surface area contributed by atoms with E-state index in [1.165, 1.54) is 0 Å². The number of carbonyl (C=O) groups excluding carboxylic acids is 1.